The van der Waals surface area contributed by atoms with Gasteiger partial charge in [-0.3, -0.25) is 4.79 Å². The van der Waals surface area contributed by atoms with Gasteiger partial charge in [-0.1, -0.05) is 12.2 Å². The van der Waals surface area contributed by atoms with Crippen molar-refractivity contribution < 1.29 is 23.4 Å². The predicted molar refractivity (Wildman–Crippen MR) is 58.3 cm³/mol. The highest BCUT2D eigenvalue weighted by Crippen LogP contribution is 2.20. The van der Waals surface area contributed by atoms with Crippen LogP contribution in [-0.2, 0) is 9.53 Å². The molecule has 0 bridgehead atoms. The van der Waals surface area contributed by atoms with Gasteiger partial charge in [0.2, 0.25) is 0 Å². The van der Waals surface area contributed by atoms with Crippen molar-refractivity contribution in [2.75, 3.05) is 6.61 Å². The van der Waals surface area contributed by atoms with Gasteiger partial charge in [0.1, 0.15) is 17.4 Å². The number of phenolic OH excluding ortho intramolecular Hbond substituents is 1. The van der Waals surface area contributed by atoms with Crippen LogP contribution in [0.25, 0.3) is 6.08 Å². The Morgan fingerprint density at radius 1 is 1.41 bits per heavy atom. The SMILES string of the molecule is CCOC(=O)CC=Cc1c(F)cc(O)cc1F. The van der Waals surface area contributed by atoms with Crippen molar-refractivity contribution >= 4 is 12.0 Å². The minimum atomic E-state index is -0.886. The minimum absolute atomic E-state index is 0.0619. The van der Waals surface area contributed by atoms with Crippen molar-refractivity contribution in [2.45, 2.75) is 13.3 Å². The fraction of sp³-hybridized carbons (Fsp3) is 0.250. The molecule has 1 aromatic rings. The average molecular weight is 242 g/mol. The summed E-state index contributed by atoms with van der Waals surface area (Å²) in [4.78, 5) is 11.0. The molecule has 0 atom stereocenters. The molecule has 0 saturated heterocycles. The van der Waals surface area contributed by atoms with E-state index in [1.165, 1.54) is 6.08 Å². The number of carbonyl (C=O) groups excluding carboxylic acids is 1. The van der Waals surface area contributed by atoms with Gasteiger partial charge in [0.05, 0.1) is 13.0 Å². The first-order chi connectivity index (χ1) is 8.04. The van der Waals surface area contributed by atoms with E-state index in [0.29, 0.717) is 0 Å². The lowest BCUT2D eigenvalue weighted by atomic mass is 10.1. The average Bonchev–Trinajstić information content (AvgIpc) is 2.22. The monoisotopic (exact) mass is 242 g/mol. The third-order valence-electron chi connectivity index (χ3n) is 1.94. The Balaban J connectivity index is 2.75. The summed E-state index contributed by atoms with van der Waals surface area (Å²) in [5.41, 5.74) is -0.299. The number of aromatic hydroxyl groups is 1. The Hall–Kier alpha value is -1.91. The molecule has 3 nitrogen and oxygen atoms in total. The molecule has 0 aliphatic carbocycles. The second-order valence-corrected chi connectivity index (χ2v) is 3.23. The van der Waals surface area contributed by atoms with Crippen LogP contribution in [0, 0.1) is 11.6 Å². The van der Waals surface area contributed by atoms with Gasteiger partial charge in [0, 0.05) is 17.7 Å². The number of phenols is 1. The Bertz CT molecular complexity index is 418. The number of rotatable bonds is 4. The van der Waals surface area contributed by atoms with E-state index in [1.54, 1.807) is 6.92 Å². The molecule has 0 saturated carbocycles. The number of ether oxygens (including phenoxy) is 1. The van der Waals surface area contributed by atoms with Crippen LogP contribution >= 0.6 is 0 Å². The van der Waals surface area contributed by atoms with Gasteiger partial charge < -0.3 is 9.84 Å². The highest BCUT2D eigenvalue weighted by Gasteiger charge is 2.08. The van der Waals surface area contributed by atoms with Gasteiger partial charge in [-0.05, 0) is 6.92 Å². The van der Waals surface area contributed by atoms with Crippen LogP contribution in [0.2, 0.25) is 0 Å². The van der Waals surface area contributed by atoms with Gasteiger partial charge >= 0.3 is 5.97 Å². The molecule has 0 radical (unpaired) electrons. The molecule has 17 heavy (non-hydrogen) atoms. The fourth-order valence-electron chi connectivity index (χ4n) is 1.22. The molecule has 0 unspecified atom stereocenters. The van der Waals surface area contributed by atoms with Crippen LogP contribution in [0.1, 0.15) is 18.9 Å². The number of halogens is 2. The van der Waals surface area contributed by atoms with Crippen molar-refractivity contribution in [1.82, 2.24) is 0 Å². The molecule has 1 rings (SSSR count). The summed E-state index contributed by atoms with van der Waals surface area (Å²) in [6, 6.07) is 1.60. The summed E-state index contributed by atoms with van der Waals surface area (Å²) in [6.45, 7) is 1.93. The Morgan fingerprint density at radius 2 is 2.00 bits per heavy atom. The second kappa shape index (κ2) is 5.98. The maximum absolute atomic E-state index is 13.2. The summed E-state index contributed by atoms with van der Waals surface area (Å²) < 4.78 is 31.1. The van der Waals surface area contributed by atoms with E-state index in [1.807, 2.05) is 0 Å². The number of carbonyl (C=O) groups is 1. The van der Waals surface area contributed by atoms with E-state index in [-0.39, 0.29) is 18.6 Å². The molecular weight excluding hydrogens is 230 g/mol. The molecule has 0 aromatic heterocycles. The van der Waals surface area contributed by atoms with Crippen molar-refractivity contribution in [1.29, 1.82) is 0 Å². The van der Waals surface area contributed by atoms with Crippen molar-refractivity contribution in [3.63, 3.8) is 0 Å². The molecule has 0 aliphatic rings. The van der Waals surface area contributed by atoms with Gasteiger partial charge in [0.25, 0.3) is 0 Å². The van der Waals surface area contributed by atoms with Crippen LogP contribution < -0.4 is 0 Å². The Morgan fingerprint density at radius 3 is 2.53 bits per heavy atom. The zero-order valence-electron chi connectivity index (χ0n) is 9.24. The van der Waals surface area contributed by atoms with Crippen LogP contribution in [0.3, 0.4) is 0 Å². The third kappa shape index (κ3) is 3.86. The Kier molecular flexibility index (Phi) is 4.63. The van der Waals surface area contributed by atoms with Crippen molar-refractivity contribution in [2.24, 2.45) is 0 Å². The molecule has 0 heterocycles. The minimum Gasteiger partial charge on any atom is -0.508 e. The largest absolute Gasteiger partial charge is 0.508 e. The molecule has 0 aliphatic heterocycles. The second-order valence-electron chi connectivity index (χ2n) is 3.23. The normalized spacial score (nSPS) is 10.8. The van der Waals surface area contributed by atoms with Gasteiger partial charge in [-0.25, -0.2) is 8.78 Å². The van der Waals surface area contributed by atoms with Gasteiger partial charge in [-0.15, -0.1) is 0 Å². The number of esters is 1. The first-order valence-corrected chi connectivity index (χ1v) is 5.04. The van der Waals surface area contributed by atoms with Crippen molar-refractivity contribution in [3.05, 3.63) is 35.4 Å². The standard InChI is InChI=1S/C12H12F2O3/c1-2-17-12(16)5-3-4-9-10(13)6-8(15)7-11(9)14/h3-4,6-7,15H,2,5H2,1H3. The molecule has 0 fully saturated rings. The molecule has 1 N–H and O–H groups in total. The van der Waals surface area contributed by atoms with Crippen molar-refractivity contribution in [3.8, 4) is 5.75 Å². The van der Waals surface area contributed by atoms with E-state index in [9.17, 15) is 13.6 Å². The van der Waals surface area contributed by atoms with E-state index in [4.69, 9.17) is 5.11 Å². The lowest BCUT2D eigenvalue weighted by molar-refractivity contribution is -0.142. The van der Waals surface area contributed by atoms with Crippen LogP contribution in [0.4, 0.5) is 8.78 Å². The first kappa shape index (κ1) is 13.2. The quantitative estimate of drug-likeness (QED) is 0.825. The van der Waals surface area contributed by atoms with Gasteiger partial charge in [-0.2, -0.15) is 0 Å². The number of hydrogen-bond acceptors (Lipinski definition) is 3. The predicted octanol–water partition coefficient (Wildman–Crippen LogP) is 2.64. The van der Waals surface area contributed by atoms with Crippen LogP contribution in [0.15, 0.2) is 18.2 Å². The van der Waals surface area contributed by atoms with Crippen LogP contribution in [0.5, 0.6) is 5.75 Å². The van der Waals surface area contributed by atoms with E-state index >= 15 is 0 Å². The molecular formula is C12H12F2O3. The lowest BCUT2D eigenvalue weighted by Crippen LogP contribution is -2.01. The maximum Gasteiger partial charge on any atom is 0.309 e. The first-order valence-electron chi connectivity index (χ1n) is 5.04. The van der Waals surface area contributed by atoms with E-state index in [0.717, 1.165) is 18.2 Å². The topological polar surface area (TPSA) is 46.5 Å². The molecule has 0 spiro atoms. The zero-order chi connectivity index (χ0) is 12.8. The molecule has 0 amide bonds. The lowest BCUT2D eigenvalue weighted by Gasteiger charge is -2.01. The Labute approximate surface area is 97.3 Å². The summed E-state index contributed by atoms with van der Waals surface area (Å²) in [6.07, 6.45) is 2.38. The third-order valence-corrected chi connectivity index (χ3v) is 1.94. The van der Waals surface area contributed by atoms with Gasteiger partial charge in [0.15, 0.2) is 0 Å². The molecule has 1 aromatic carbocycles. The molecule has 92 valence electrons. The van der Waals surface area contributed by atoms with Crippen LogP contribution in [-0.4, -0.2) is 17.7 Å². The smallest absolute Gasteiger partial charge is 0.309 e. The summed E-state index contributed by atoms with van der Waals surface area (Å²) in [5, 5.41) is 8.92. The number of hydrogen-bond donors (Lipinski definition) is 1. The molecule has 5 heteroatoms. The summed E-state index contributed by atoms with van der Waals surface area (Å²) >= 11 is 0. The van der Waals surface area contributed by atoms with E-state index in [2.05, 4.69) is 4.74 Å². The fourth-order valence-corrected chi connectivity index (χ4v) is 1.22. The highest BCUT2D eigenvalue weighted by molar-refractivity contribution is 5.72. The summed E-state index contributed by atoms with van der Waals surface area (Å²) in [5.74, 6) is -2.73. The zero-order valence-corrected chi connectivity index (χ0v) is 9.24. The summed E-state index contributed by atoms with van der Waals surface area (Å²) in [7, 11) is 0. The number of benzene rings is 1. The maximum atomic E-state index is 13.2. The van der Waals surface area contributed by atoms with E-state index < -0.39 is 23.4 Å². The highest BCUT2D eigenvalue weighted by atomic mass is 19.1.